The Labute approximate surface area is 119 Å². The number of carbonyl (C=O) groups excluding carboxylic acids is 1. The van der Waals surface area contributed by atoms with Gasteiger partial charge in [-0.3, -0.25) is 0 Å². The highest BCUT2D eigenvalue weighted by Gasteiger charge is 2.06. The molecule has 0 aliphatic carbocycles. The SMILES string of the molecule is Cc1cccc(NC(=O)Nc2ccc(F)cc2Br)c1. The maximum Gasteiger partial charge on any atom is 0.323 e. The minimum absolute atomic E-state index is 0.364. The van der Waals surface area contributed by atoms with E-state index in [0.717, 1.165) is 5.56 Å². The van der Waals surface area contributed by atoms with Gasteiger partial charge in [0, 0.05) is 10.2 Å². The minimum atomic E-state index is -0.377. The van der Waals surface area contributed by atoms with E-state index in [0.29, 0.717) is 15.8 Å². The molecule has 2 rings (SSSR count). The van der Waals surface area contributed by atoms with Crippen molar-refractivity contribution in [2.24, 2.45) is 0 Å². The third-order valence-electron chi connectivity index (χ3n) is 2.46. The summed E-state index contributed by atoms with van der Waals surface area (Å²) in [4.78, 5) is 11.8. The lowest BCUT2D eigenvalue weighted by molar-refractivity contribution is 0.262. The van der Waals surface area contributed by atoms with Gasteiger partial charge in [0.05, 0.1) is 5.69 Å². The fraction of sp³-hybridized carbons (Fsp3) is 0.0714. The molecule has 0 spiro atoms. The van der Waals surface area contributed by atoms with Gasteiger partial charge in [-0.15, -0.1) is 0 Å². The van der Waals surface area contributed by atoms with Gasteiger partial charge in [-0.1, -0.05) is 12.1 Å². The minimum Gasteiger partial charge on any atom is -0.308 e. The Morgan fingerprint density at radius 2 is 1.95 bits per heavy atom. The molecule has 0 radical (unpaired) electrons. The van der Waals surface area contributed by atoms with Gasteiger partial charge in [-0.05, 0) is 58.7 Å². The Balaban J connectivity index is 2.05. The molecule has 2 aromatic rings. The van der Waals surface area contributed by atoms with Crippen molar-refractivity contribution in [1.82, 2.24) is 0 Å². The molecular formula is C14H12BrFN2O. The van der Waals surface area contributed by atoms with E-state index in [4.69, 9.17) is 0 Å². The second-order valence-corrected chi connectivity index (χ2v) is 4.93. The summed E-state index contributed by atoms with van der Waals surface area (Å²) in [5.74, 6) is -0.364. The van der Waals surface area contributed by atoms with Crippen LogP contribution in [0.4, 0.5) is 20.6 Å². The molecule has 2 N–H and O–H groups in total. The first-order chi connectivity index (χ1) is 9.04. The molecule has 0 saturated heterocycles. The van der Waals surface area contributed by atoms with Gasteiger partial charge in [0.25, 0.3) is 0 Å². The molecule has 0 bridgehead atoms. The van der Waals surface area contributed by atoms with E-state index in [-0.39, 0.29) is 11.8 Å². The number of urea groups is 1. The first-order valence-electron chi connectivity index (χ1n) is 5.64. The maximum absolute atomic E-state index is 12.9. The molecule has 0 aromatic heterocycles. The van der Waals surface area contributed by atoms with Crippen molar-refractivity contribution >= 4 is 33.3 Å². The maximum atomic E-state index is 12.9. The van der Waals surface area contributed by atoms with E-state index in [1.807, 2.05) is 25.1 Å². The summed E-state index contributed by atoms with van der Waals surface area (Å²) in [6.07, 6.45) is 0. The van der Waals surface area contributed by atoms with E-state index in [9.17, 15) is 9.18 Å². The molecule has 0 atom stereocenters. The van der Waals surface area contributed by atoms with Crippen LogP contribution in [0.25, 0.3) is 0 Å². The topological polar surface area (TPSA) is 41.1 Å². The third kappa shape index (κ3) is 3.79. The predicted molar refractivity (Wildman–Crippen MR) is 77.9 cm³/mol. The van der Waals surface area contributed by atoms with Crippen molar-refractivity contribution in [2.45, 2.75) is 6.92 Å². The van der Waals surface area contributed by atoms with Crippen LogP contribution < -0.4 is 10.6 Å². The van der Waals surface area contributed by atoms with Crippen molar-refractivity contribution in [1.29, 1.82) is 0 Å². The third-order valence-corrected chi connectivity index (χ3v) is 3.11. The van der Waals surface area contributed by atoms with Crippen LogP contribution in [0, 0.1) is 12.7 Å². The van der Waals surface area contributed by atoms with E-state index < -0.39 is 0 Å². The molecule has 19 heavy (non-hydrogen) atoms. The number of amides is 2. The standard InChI is InChI=1S/C14H12BrFN2O/c1-9-3-2-4-11(7-9)17-14(19)18-13-6-5-10(16)8-12(13)15/h2-8H,1H3,(H2,17,18,19). The van der Waals surface area contributed by atoms with Gasteiger partial charge >= 0.3 is 6.03 Å². The number of carbonyl (C=O) groups is 1. The van der Waals surface area contributed by atoms with Gasteiger partial charge in [-0.25, -0.2) is 9.18 Å². The zero-order valence-electron chi connectivity index (χ0n) is 10.2. The Bertz CT molecular complexity index is 616. The number of hydrogen-bond acceptors (Lipinski definition) is 1. The second-order valence-electron chi connectivity index (χ2n) is 4.07. The number of rotatable bonds is 2. The Morgan fingerprint density at radius 1 is 1.16 bits per heavy atom. The molecular weight excluding hydrogens is 311 g/mol. The highest BCUT2D eigenvalue weighted by atomic mass is 79.9. The lowest BCUT2D eigenvalue weighted by atomic mass is 10.2. The molecule has 2 aromatic carbocycles. The molecule has 2 amide bonds. The second kappa shape index (κ2) is 5.84. The van der Waals surface area contributed by atoms with Crippen LogP contribution >= 0.6 is 15.9 Å². The Kier molecular flexibility index (Phi) is 4.16. The molecule has 0 heterocycles. The monoisotopic (exact) mass is 322 g/mol. The summed E-state index contributed by atoms with van der Waals surface area (Å²) in [5.41, 5.74) is 2.27. The van der Waals surface area contributed by atoms with Gasteiger partial charge in [0.1, 0.15) is 5.82 Å². The van der Waals surface area contributed by atoms with Crippen LogP contribution in [0.1, 0.15) is 5.56 Å². The summed E-state index contributed by atoms with van der Waals surface area (Å²) in [6.45, 7) is 1.94. The highest BCUT2D eigenvalue weighted by Crippen LogP contribution is 2.23. The quantitative estimate of drug-likeness (QED) is 0.837. The zero-order chi connectivity index (χ0) is 13.8. The number of aryl methyl sites for hydroxylation is 1. The average Bonchev–Trinajstić information content (AvgIpc) is 2.33. The average molecular weight is 323 g/mol. The smallest absolute Gasteiger partial charge is 0.308 e. The van der Waals surface area contributed by atoms with Crippen molar-refractivity contribution in [2.75, 3.05) is 10.6 Å². The van der Waals surface area contributed by atoms with Crippen LogP contribution in [-0.2, 0) is 0 Å². The summed E-state index contributed by atoms with van der Waals surface area (Å²) in [6, 6.07) is 11.2. The zero-order valence-corrected chi connectivity index (χ0v) is 11.8. The van der Waals surface area contributed by atoms with E-state index in [2.05, 4.69) is 26.6 Å². The molecule has 0 aliphatic heterocycles. The van der Waals surface area contributed by atoms with Gasteiger partial charge < -0.3 is 10.6 Å². The Morgan fingerprint density at radius 3 is 2.63 bits per heavy atom. The van der Waals surface area contributed by atoms with Gasteiger partial charge in [-0.2, -0.15) is 0 Å². The molecule has 98 valence electrons. The first-order valence-corrected chi connectivity index (χ1v) is 6.43. The molecule has 0 aliphatic rings. The number of hydrogen-bond donors (Lipinski definition) is 2. The number of benzene rings is 2. The lowest BCUT2D eigenvalue weighted by Crippen LogP contribution is -2.19. The summed E-state index contributed by atoms with van der Waals surface area (Å²) >= 11 is 3.19. The number of nitrogens with one attached hydrogen (secondary N) is 2. The van der Waals surface area contributed by atoms with Crippen LogP contribution in [0.5, 0.6) is 0 Å². The van der Waals surface area contributed by atoms with Crippen molar-refractivity contribution in [3.63, 3.8) is 0 Å². The van der Waals surface area contributed by atoms with Crippen LogP contribution in [0.3, 0.4) is 0 Å². The fourth-order valence-electron chi connectivity index (χ4n) is 1.60. The summed E-state index contributed by atoms with van der Waals surface area (Å²) < 4.78 is 13.4. The van der Waals surface area contributed by atoms with E-state index >= 15 is 0 Å². The largest absolute Gasteiger partial charge is 0.323 e. The van der Waals surface area contributed by atoms with Crippen LogP contribution in [0.2, 0.25) is 0 Å². The summed E-state index contributed by atoms with van der Waals surface area (Å²) in [5, 5.41) is 5.35. The van der Waals surface area contributed by atoms with E-state index in [1.165, 1.54) is 18.2 Å². The first kappa shape index (κ1) is 13.5. The highest BCUT2D eigenvalue weighted by molar-refractivity contribution is 9.10. The lowest BCUT2D eigenvalue weighted by Gasteiger charge is -2.09. The van der Waals surface area contributed by atoms with Crippen molar-refractivity contribution in [3.05, 3.63) is 58.3 Å². The van der Waals surface area contributed by atoms with Crippen molar-refractivity contribution in [3.8, 4) is 0 Å². The molecule has 5 heteroatoms. The summed E-state index contributed by atoms with van der Waals surface area (Å²) in [7, 11) is 0. The number of anilines is 2. The van der Waals surface area contributed by atoms with E-state index in [1.54, 1.807) is 6.07 Å². The number of halogens is 2. The predicted octanol–water partition coefficient (Wildman–Crippen LogP) is 4.54. The molecule has 0 unspecified atom stereocenters. The molecule has 0 saturated carbocycles. The molecule has 3 nitrogen and oxygen atoms in total. The van der Waals surface area contributed by atoms with Gasteiger partial charge in [0.2, 0.25) is 0 Å². The van der Waals surface area contributed by atoms with Crippen LogP contribution in [0.15, 0.2) is 46.9 Å². The Hall–Kier alpha value is -1.88. The van der Waals surface area contributed by atoms with Crippen molar-refractivity contribution < 1.29 is 9.18 Å². The normalized spacial score (nSPS) is 10.1. The van der Waals surface area contributed by atoms with Crippen LogP contribution in [-0.4, -0.2) is 6.03 Å². The fourth-order valence-corrected chi connectivity index (χ4v) is 2.05. The van der Waals surface area contributed by atoms with Gasteiger partial charge in [0.15, 0.2) is 0 Å². The molecule has 0 fully saturated rings.